The Morgan fingerprint density at radius 3 is 2.32 bits per heavy atom. The molecule has 0 saturated heterocycles. The zero-order valence-corrected chi connectivity index (χ0v) is 13.4. The Morgan fingerprint density at radius 1 is 1.26 bits per heavy atom. The molecule has 19 heavy (non-hydrogen) atoms. The van der Waals surface area contributed by atoms with Crippen LogP contribution in [0, 0.1) is 5.82 Å². The van der Waals surface area contributed by atoms with E-state index in [1.165, 1.54) is 18.2 Å². The highest BCUT2D eigenvalue weighted by Gasteiger charge is 2.53. The summed E-state index contributed by atoms with van der Waals surface area (Å²) in [4.78, 5) is 0. The monoisotopic (exact) mass is 282 g/mol. The molecule has 106 valence electrons. The second-order valence-electron chi connectivity index (χ2n) is 7.02. The summed E-state index contributed by atoms with van der Waals surface area (Å²) < 4.78 is 19.9. The van der Waals surface area contributed by atoms with Crippen molar-refractivity contribution in [1.82, 2.24) is 0 Å². The van der Waals surface area contributed by atoms with Crippen molar-refractivity contribution in [1.29, 1.82) is 0 Å². The predicted octanol–water partition coefficient (Wildman–Crippen LogP) is 4.54. The van der Waals surface area contributed by atoms with Gasteiger partial charge in [0.2, 0.25) is 0 Å². The summed E-state index contributed by atoms with van der Waals surface area (Å²) in [6, 6.07) is 4.11. The molecule has 1 aromatic rings. The summed E-state index contributed by atoms with van der Waals surface area (Å²) >= 11 is 0. The van der Waals surface area contributed by atoms with Crippen LogP contribution in [0.25, 0.3) is 0 Å². The highest BCUT2D eigenvalue weighted by Crippen LogP contribution is 2.56. The molecule has 0 aliphatic heterocycles. The van der Waals surface area contributed by atoms with Crippen LogP contribution in [-0.2, 0) is 10.0 Å². The molecule has 0 heterocycles. The standard InChI is InChI=1S/C15H23FO2Si/c1-14(2,3)19(4,5)18-15(8-9-15)12-10-11(16)6-7-13(12)17/h6-7,10,17H,8-9H2,1-5H3. The summed E-state index contributed by atoms with van der Waals surface area (Å²) in [7, 11) is -1.93. The summed E-state index contributed by atoms with van der Waals surface area (Å²) in [6.45, 7) is 10.9. The largest absolute Gasteiger partial charge is 0.508 e. The Balaban J connectivity index is 2.32. The number of benzene rings is 1. The molecule has 0 aromatic heterocycles. The Labute approximate surface area is 115 Å². The molecule has 0 atom stereocenters. The Morgan fingerprint density at radius 2 is 1.84 bits per heavy atom. The van der Waals surface area contributed by atoms with E-state index in [1.54, 1.807) is 0 Å². The highest BCUT2D eigenvalue weighted by atomic mass is 28.4. The van der Waals surface area contributed by atoms with Crippen LogP contribution < -0.4 is 0 Å². The van der Waals surface area contributed by atoms with Crippen molar-refractivity contribution in [3.8, 4) is 5.75 Å². The average molecular weight is 282 g/mol. The van der Waals surface area contributed by atoms with Gasteiger partial charge in [0.15, 0.2) is 8.32 Å². The first-order chi connectivity index (χ1) is 8.57. The third-order valence-electron chi connectivity index (χ3n) is 4.41. The van der Waals surface area contributed by atoms with Gasteiger partial charge in [-0.1, -0.05) is 20.8 Å². The second kappa shape index (κ2) is 4.32. The lowest BCUT2D eigenvalue weighted by molar-refractivity contribution is 0.155. The van der Waals surface area contributed by atoms with Gasteiger partial charge < -0.3 is 9.53 Å². The molecule has 0 bridgehead atoms. The van der Waals surface area contributed by atoms with Gasteiger partial charge in [0.1, 0.15) is 11.6 Å². The fraction of sp³-hybridized carbons (Fsp3) is 0.600. The topological polar surface area (TPSA) is 29.5 Å². The second-order valence-corrected chi connectivity index (χ2v) is 11.7. The van der Waals surface area contributed by atoms with Gasteiger partial charge >= 0.3 is 0 Å². The van der Waals surface area contributed by atoms with Crippen molar-refractivity contribution >= 4 is 8.32 Å². The van der Waals surface area contributed by atoms with E-state index >= 15 is 0 Å². The van der Waals surface area contributed by atoms with Crippen LogP contribution in [0.4, 0.5) is 4.39 Å². The lowest BCUT2D eigenvalue weighted by atomic mass is 10.1. The molecular formula is C15H23FO2Si. The maximum atomic E-state index is 13.4. The van der Waals surface area contributed by atoms with E-state index in [-0.39, 0.29) is 16.6 Å². The molecule has 2 rings (SSSR count). The normalized spacial score (nSPS) is 18.4. The van der Waals surface area contributed by atoms with Gasteiger partial charge in [-0.2, -0.15) is 0 Å². The fourth-order valence-electron chi connectivity index (χ4n) is 2.05. The molecule has 1 saturated carbocycles. The van der Waals surface area contributed by atoms with Crippen molar-refractivity contribution in [3.63, 3.8) is 0 Å². The van der Waals surface area contributed by atoms with E-state index in [1.807, 2.05) is 0 Å². The predicted molar refractivity (Wildman–Crippen MR) is 77.3 cm³/mol. The van der Waals surface area contributed by atoms with Crippen molar-refractivity contribution in [2.75, 3.05) is 0 Å². The molecule has 0 amide bonds. The third-order valence-corrected chi connectivity index (χ3v) is 8.92. The van der Waals surface area contributed by atoms with Crippen LogP contribution >= 0.6 is 0 Å². The molecule has 1 aliphatic rings. The Kier molecular flexibility index (Phi) is 3.30. The summed E-state index contributed by atoms with van der Waals surface area (Å²) in [5.74, 6) is -0.185. The minimum absolute atomic E-state index is 0.103. The highest BCUT2D eigenvalue weighted by molar-refractivity contribution is 6.74. The number of hydrogen-bond donors (Lipinski definition) is 1. The maximum absolute atomic E-state index is 13.4. The number of halogens is 1. The van der Waals surface area contributed by atoms with Crippen LogP contribution in [0.3, 0.4) is 0 Å². The quantitative estimate of drug-likeness (QED) is 0.825. The molecule has 2 nitrogen and oxygen atoms in total. The summed E-state index contributed by atoms with van der Waals surface area (Å²) in [6.07, 6.45) is 1.72. The van der Waals surface area contributed by atoms with Gasteiger partial charge in [-0.15, -0.1) is 0 Å². The molecule has 4 heteroatoms. The van der Waals surface area contributed by atoms with Gasteiger partial charge in [-0.3, -0.25) is 0 Å². The minimum atomic E-state index is -1.93. The van der Waals surface area contributed by atoms with E-state index in [0.717, 1.165) is 12.8 Å². The zero-order valence-electron chi connectivity index (χ0n) is 12.4. The summed E-state index contributed by atoms with van der Waals surface area (Å²) in [5.41, 5.74) is 0.146. The van der Waals surface area contributed by atoms with Crippen LogP contribution in [0.2, 0.25) is 18.1 Å². The lowest BCUT2D eigenvalue weighted by Crippen LogP contribution is -2.44. The molecule has 1 N–H and O–H groups in total. The number of aromatic hydroxyl groups is 1. The molecule has 0 radical (unpaired) electrons. The summed E-state index contributed by atoms with van der Waals surface area (Å²) in [5, 5.41) is 10.1. The molecule has 1 aromatic carbocycles. The third kappa shape index (κ3) is 2.70. The lowest BCUT2D eigenvalue weighted by Gasteiger charge is -2.39. The van der Waals surface area contributed by atoms with E-state index in [9.17, 15) is 9.50 Å². The fourth-order valence-corrected chi connectivity index (χ4v) is 3.65. The van der Waals surface area contributed by atoms with Gasteiger partial charge in [0.25, 0.3) is 0 Å². The number of rotatable bonds is 3. The maximum Gasteiger partial charge on any atom is 0.193 e. The van der Waals surface area contributed by atoms with E-state index in [0.29, 0.717) is 5.56 Å². The van der Waals surface area contributed by atoms with Crippen LogP contribution in [0.1, 0.15) is 39.2 Å². The van der Waals surface area contributed by atoms with Gasteiger partial charge in [-0.05, 0) is 49.2 Å². The van der Waals surface area contributed by atoms with E-state index < -0.39 is 13.9 Å². The number of hydrogen-bond acceptors (Lipinski definition) is 2. The van der Waals surface area contributed by atoms with Crippen LogP contribution in [0.5, 0.6) is 5.75 Å². The van der Waals surface area contributed by atoms with E-state index in [2.05, 4.69) is 33.9 Å². The minimum Gasteiger partial charge on any atom is -0.508 e. The SMILES string of the molecule is CC(C)(C)[Si](C)(C)OC1(c2cc(F)ccc2O)CC1. The molecule has 0 spiro atoms. The molecule has 0 unspecified atom stereocenters. The Hall–Kier alpha value is -0.873. The Bertz CT molecular complexity index is 487. The average Bonchev–Trinajstić information content (AvgIpc) is 3.00. The smallest absolute Gasteiger partial charge is 0.193 e. The number of phenolic OH excluding ortho intramolecular Hbond substituents is 1. The van der Waals surface area contributed by atoms with Crippen LogP contribution in [-0.4, -0.2) is 13.4 Å². The van der Waals surface area contributed by atoms with E-state index in [4.69, 9.17) is 4.43 Å². The first-order valence-corrected chi connectivity index (χ1v) is 9.67. The van der Waals surface area contributed by atoms with Crippen molar-refractivity contribution < 1.29 is 13.9 Å². The first-order valence-electron chi connectivity index (χ1n) is 6.77. The van der Waals surface area contributed by atoms with Gasteiger partial charge in [0.05, 0.1) is 5.60 Å². The van der Waals surface area contributed by atoms with Crippen LogP contribution in [0.15, 0.2) is 18.2 Å². The number of phenols is 1. The van der Waals surface area contributed by atoms with Crippen molar-refractivity contribution in [3.05, 3.63) is 29.6 Å². The van der Waals surface area contributed by atoms with Crippen molar-refractivity contribution in [2.24, 2.45) is 0 Å². The molecular weight excluding hydrogens is 259 g/mol. The van der Waals surface area contributed by atoms with Gasteiger partial charge in [-0.25, -0.2) is 4.39 Å². The first kappa shape index (κ1) is 14.5. The zero-order chi connectivity index (χ0) is 14.5. The van der Waals surface area contributed by atoms with Crippen molar-refractivity contribution in [2.45, 2.75) is 57.3 Å². The van der Waals surface area contributed by atoms with Gasteiger partial charge in [0, 0.05) is 5.56 Å². The molecule has 1 fully saturated rings. The molecule has 1 aliphatic carbocycles.